The number of aromatic nitrogens is 3. The molecule has 0 amide bonds. The Morgan fingerprint density at radius 1 is 0.880 bits per heavy atom. The highest BCUT2D eigenvalue weighted by atomic mass is 14.7. The summed E-state index contributed by atoms with van der Waals surface area (Å²) in [5, 5.41) is 0. The first-order valence-corrected chi connectivity index (χ1v) is 8.10. The molecule has 3 heteroatoms. The van der Waals surface area contributed by atoms with Gasteiger partial charge >= 0.3 is 0 Å². The fraction of sp³-hybridized carbons (Fsp3) is 0.0455. The minimum Gasteiger partial charge on any atom is -0.265 e. The molecule has 0 aliphatic rings. The highest BCUT2D eigenvalue weighted by molar-refractivity contribution is 5.79. The van der Waals surface area contributed by atoms with E-state index in [1.54, 1.807) is 30.9 Å². The summed E-state index contributed by atoms with van der Waals surface area (Å²) >= 11 is 0. The van der Waals surface area contributed by atoms with Crippen LogP contribution in [-0.4, -0.2) is 15.0 Å². The topological polar surface area (TPSA) is 38.7 Å². The summed E-state index contributed by atoms with van der Waals surface area (Å²) < 4.78 is 0. The maximum absolute atomic E-state index is 4.86. The zero-order chi connectivity index (χ0) is 17.5. The molecule has 122 valence electrons. The van der Waals surface area contributed by atoms with Crippen LogP contribution in [0, 0.1) is 0 Å². The lowest BCUT2D eigenvalue weighted by Crippen LogP contribution is -1.94. The molecule has 0 bridgehead atoms. The maximum Gasteiger partial charge on any atom is 0.0716 e. The summed E-state index contributed by atoms with van der Waals surface area (Å²) in [6.07, 6.45) is 14.9. The van der Waals surface area contributed by atoms with Crippen LogP contribution in [0.1, 0.15) is 12.6 Å². The normalized spacial score (nSPS) is 11.6. The first-order chi connectivity index (χ1) is 12.3. The van der Waals surface area contributed by atoms with Crippen molar-refractivity contribution in [2.24, 2.45) is 0 Å². The molecule has 0 aliphatic carbocycles. The Balaban J connectivity index is 2.21. The standard InChI is InChI=1S/C22H19N3/c1-3-5-18(6-4-2)21-15-20(17-7-11-23-12-8-17)16-22(25-21)19-9-13-24-14-10-19/h3-16H,1H2,2H3/b6-4-,18-5+. The Kier molecular flexibility index (Phi) is 5.27. The third-order valence-electron chi connectivity index (χ3n) is 3.75. The zero-order valence-electron chi connectivity index (χ0n) is 14.1. The van der Waals surface area contributed by atoms with Crippen molar-refractivity contribution in [1.82, 2.24) is 15.0 Å². The molecule has 3 nitrogen and oxygen atoms in total. The van der Waals surface area contributed by atoms with Crippen molar-refractivity contribution in [3.8, 4) is 22.4 Å². The van der Waals surface area contributed by atoms with E-state index in [0.29, 0.717) is 0 Å². The van der Waals surface area contributed by atoms with Crippen molar-refractivity contribution in [2.45, 2.75) is 6.92 Å². The molecule has 0 aliphatic heterocycles. The van der Waals surface area contributed by atoms with E-state index in [9.17, 15) is 0 Å². The second-order valence-corrected chi connectivity index (χ2v) is 5.46. The maximum atomic E-state index is 4.86. The van der Waals surface area contributed by atoms with E-state index in [0.717, 1.165) is 33.7 Å². The second-order valence-electron chi connectivity index (χ2n) is 5.46. The summed E-state index contributed by atoms with van der Waals surface area (Å²) in [4.78, 5) is 13.1. The van der Waals surface area contributed by atoms with Crippen LogP contribution in [0.15, 0.2) is 92.1 Å². The first-order valence-electron chi connectivity index (χ1n) is 8.10. The van der Waals surface area contributed by atoms with Gasteiger partial charge in [0.1, 0.15) is 0 Å². The lowest BCUT2D eigenvalue weighted by Gasteiger charge is -2.10. The molecular formula is C22H19N3. The molecule has 25 heavy (non-hydrogen) atoms. The van der Waals surface area contributed by atoms with Gasteiger partial charge in [-0.1, -0.05) is 30.9 Å². The van der Waals surface area contributed by atoms with E-state index in [4.69, 9.17) is 4.98 Å². The minimum atomic E-state index is 0.902. The fourth-order valence-corrected chi connectivity index (χ4v) is 2.59. The van der Waals surface area contributed by atoms with Crippen LogP contribution in [-0.2, 0) is 0 Å². The Morgan fingerprint density at radius 2 is 1.52 bits per heavy atom. The molecule has 3 aromatic rings. The van der Waals surface area contributed by atoms with Crippen LogP contribution < -0.4 is 0 Å². The zero-order valence-corrected chi connectivity index (χ0v) is 14.1. The van der Waals surface area contributed by atoms with Gasteiger partial charge in [-0.05, 0) is 60.0 Å². The van der Waals surface area contributed by atoms with Gasteiger partial charge in [-0.15, -0.1) is 0 Å². The number of allylic oxidation sites excluding steroid dienone is 5. The van der Waals surface area contributed by atoms with E-state index in [1.807, 2.05) is 49.4 Å². The smallest absolute Gasteiger partial charge is 0.0716 e. The molecule has 0 N–H and O–H groups in total. The largest absolute Gasteiger partial charge is 0.265 e. The van der Waals surface area contributed by atoms with Crippen LogP contribution in [0.25, 0.3) is 28.0 Å². The van der Waals surface area contributed by atoms with E-state index in [1.165, 1.54) is 0 Å². The van der Waals surface area contributed by atoms with E-state index in [-0.39, 0.29) is 0 Å². The molecule has 0 radical (unpaired) electrons. The van der Waals surface area contributed by atoms with Crippen molar-refractivity contribution < 1.29 is 0 Å². The average molecular weight is 325 g/mol. The molecule has 0 fully saturated rings. The predicted octanol–water partition coefficient (Wildman–Crippen LogP) is 5.35. The molecule has 0 unspecified atom stereocenters. The summed E-state index contributed by atoms with van der Waals surface area (Å²) in [5.41, 5.74) is 6.06. The molecule has 0 aromatic carbocycles. The Hall–Kier alpha value is -3.33. The van der Waals surface area contributed by atoms with Crippen molar-refractivity contribution in [1.29, 1.82) is 0 Å². The molecular weight excluding hydrogens is 306 g/mol. The number of hydrogen-bond acceptors (Lipinski definition) is 3. The van der Waals surface area contributed by atoms with Gasteiger partial charge in [0.25, 0.3) is 0 Å². The van der Waals surface area contributed by atoms with Crippen LogP contribution in [0.5, 0.6) is 0 Å². The molecule has 0 atom stereocenters. The van der Waals surface area contributed by atoms with Gasteiger partial charge in [0.05, 0.1) is 11.4 Å². The molecule has 3 heterocycles. The Bertz CT molecular complexity index is 853. The van der Waals surface area contributed by atoms with Gasteiger partial charge in [0.2, 0.25) is 0 Å². The quantitative estimate of drug-likeness (QED) is 0.593. The monoisotopic (exact) mass is 325 g/mol. The van der Waals surface area contributed by atoms with E-state index in [2.05, 4.69) is 28.7 Å². The molecule has 3 rings (SSSR count). The first kappa shape index (κ1) is 16.5. The summed E-state index contributed by atoms with van der Waals surface area (Å²) in [7, 11) is 0. The van der Waals surface area contributed by atoms with Crippen molar-refractivity contribution >= 4 is 5.57 Å². The highest BCUT2D eigenvalue weighted by Gasteiger charge is 2.09. The average Bonchev–Trinajstić information content (AvgIpc) is 2.69. The van der Waals surface area contributed by atoms with Crippen molar-refractivity contribution in [3.63, 3.8) is 0 Å². The Morgan fingerprint density at radius 3 is 2.12 bits per heavy atom. The highest BCUT2D eigenvalue weighted by Crippen LogP contribution is 2.28. The number of hydrogen-bond donors (Lipinski definition) is 0. The van der Waals surface area contributed by atoms with Crippen LogP contribution in [0.2, 0.25) is 0 Å². The van der Waals surface area contributed by atoms with Crippen molar-refractivity contribution in [2.75, 3.05) is 0 Å². The lowest BCUT2D eigenvalue weighted by atomic mass is 10.0. The molecule has 3 aromatic heterocycles. The van der Waals surface area contributed by atoms with Gasteiger partial charge in [-0.3, -0.25) is 9.97 Å². The van der Waals surface area contributed by atoms with E-state index < -0.39 is 0 Å². The summed E-state index contributed by atoms with van der Waals surface area (Å²) in [5.74, 6) is 0. The number of rotatable bonds is 5. The minimum absolute atomic E-state index is 0.902. The van der Waals surface area contributed by atoms with Crippen LogP contribution in [0.3, 0.4) is 0 Å². The van der Waals surface area contributed by atoms with Gasteiger partial charge in [-0.25, -0.2) is 4.98 Å². The van der Waals surface area contributed by atoms with Gasteiger partial charge in [0.15, 0.2) is 0 Å². The lowest BCUT2D eigenvalue weighted by molar-refractivity contribution is 1.26. The number of nitrogens with zero attached hydrogens (tertiary/aromatic N) is 3. The van der Waals surface area contributed by atoms with Gasteiger partial charge in [0, 0.05) is 30.4 Å². The van der Waals surface area contributed by atoms with Crippen molar-refractivity contribution in [3.05, 3.63) is 97.8 Å². The fourth-order valence-electron chi connectivity index (χ4n) is 2.59. The van der Waals surface area contributed by atoms with E-state index >= 15 is 0 Å². The summed E-state index contributed by atoms with van der Waals surface area (Å²) in [6, 6.07) is 12.1. The predicted molar refractivity (Wildman–Crippen MR) is 104 cm³/mol. The SMILES string of the molecule is C=C/C=C(\C=C/C)c1cc(-c2ccncc2)cc(-c2ccncc2)n1. The number of pyridine rings is 3. The second kappa shape index (κ2) is 7.97. The van der Waals surface area contributed by atoms with Gasteiger partial charge < -0.3 is 0 Å². The molecule has 0 spiro atoms. The van der Waals surface area contributed by atoms with Crippen LogP contribution >= 0.6 is 0 Å². The molecule has 0 saturated heterocycles. The molecule has 0 saturated carbocycles. The van der Waals surface area contributed by atoms with Crippen LogP contribution in [0.4, 0.5) is 0 Å². The van der Waals surface area contributed by atoms with Gasteiger partial charge in [-0.2, -0.15) is 0 Å². The third kappa shape index (κ3) is 3.96. The third-order valence-corrected chi connectivity index (χ3v) is 3.75. The Labute approximate surface area is 148 Å². The summed E-state index contributed by atoms with van der Waals surface area (Å²) in [6.45, 7) is 5.81.